The molecule has 3 nitrogen and oxygen atoms in total. The van der Waals surface area contributed by atoms with Crippen LogP contribution in [0, 0.1) is 0 Å². The largest absolute Gasteiger partial charge is 0.459 e. The number of rotatable bonds is 4. The van der Waals surface area contributed by atoms with E-state index < -0.39 is 11.0 Å². The van der Waals surface area contributed by atoms with Gasteiger partial charge in [0.2, 0.25) is 0 Å². The summed E-state index contributed by atoms with van der Waals surface area (Å²) >= 11 is 3.41. The van der Waals surface area contributed by atoms with E-state index in [0.717, 1.165) is 29.4 Å². The molecule has 1 aromatic rings. The molecule has 0 spiro atoms. The SMILES string of the molecule is CCC(C)(C)OC(=O)C1(c2cc(Br)ccn2)CC1. The van der Waals surface area contributed by atoms with Gasteiger partial charge in [0.15, 0.2) is 0 Å². The first-order valence-corrected chi connectivity index (χ1v) is 7.04. The molecule has 1 saturated carbocycles. The maximum absolute atomic E-state index is 12.3. The first kappa shape index (κ1) is 13.5. The van der Waals surface area contributed by atoms with Crippen molar-refractivity contribution >= 4 is 21.9 Å². The minimum atomic E-state index is -0.504. The molecule has 0 aliphatic heterocycles. The van der Waals surface area contributed by atoms with Crippen LogP contribution in [0.1, 0.15) is 45.7 Å². The number of pyridine rings is 1. The van der Waals surface area contributed by atoms with E-state index in [4.69, 9.17) is 4.74 Å². The molecule has 1 heterocycles. The zero-order chi connectivity index (χ0) is 13.4. The van der Waals surface area contributed by atoms with Crippen LogP contribution >= 0.6 is 15.9 Å². The Bertz CT molecular complexity index is 467. The van der Waals surface area contributed by atoms with E-state index in [9.17, 15) is 4.79 Å². The second-order valence-corrected chi connectivity index (χ2v) is 6.36. The predicted molar refractivity (Wildman–Crippen MR) is 73.3 cm³/mol. The van der Waals surface area contributed by atoms with Crippen molar-refractivity contribution in [3.05, 3.63) is 28.5 Å². The topological polar surface area (TPSA) is 39.2 Å². The van der Waals surface area contributed by atoms with Crippen LogP contribution in [-0.2, 0) is 14.9 Å². The molecule has 1 fully saturated rings. The first-order chi connectivity index (χ1) is 8.39. The molecular weight excluding hydrogens is 294 g/mol. The fraction of sp³-hybridized carbons (Fsp3) is 0.571. The summed E-state index contributed by atoms with van der Waals surface area (Å²) < 4.78 is 6.56. The molecule has 0 unspecified atom stereocenters. The number of carbonyl (C=O) groups excluding carboxylic acids is 1. The molecule has 1 aromatic heterocycles. The van der Waals surface area contributed by atoms with Crippen LogP contribution in [-0.4, -0.2) is 16.6 Å². The Kier molecular flexibility index (Phi) is 3.49. The van der Waals surface area contributed by atoms with Gasteiger partial charge < -0.3 is 4.74 Å². The van der Waals surface area contributed by atoms with Gasteiger partial charge in [0.05, 0.1) is 5.69 Å². The Morgan fingerprint density at radius 2 is 2.22 bits per heavy atom. The van der Waals surface area contributed by atoms with E-state index in [1.807, 2.05) is 32.9 Å². The summed E-state index contributed by atoms with van der Waals surface area (Å²) in [6.45, 7) is 5.90. The van der Waals surface area contributed by atoms with Gasteiger partial charge in [-0.25, -0.2) is 0 Å². The predicted octanol–water partition coefficient (Wildman–Crippen LogP) is 3.61. The first-order valence-electron chi connectivity index (χ1n) is 6.25. The highest BCUT2D eigenvalue weighted by Crippen LogP contribution is 2.49. The van der Waals surface area contributed by atoms with Gasteiger partial charge in [-0.3, -0.25) is 9.78 Å². The summed E-state index contributed by atoms with van der Waals surface area (Å²) in [6.07, 6.45) is 4.18. The lowest BCUT2D eigenvalue weighted by atomic mass is 10.0. The third kappa shape index (κ3) is 2.58. The van der Waals surface area contributed by atoms with Crippen molar-refractivity contribution in [2.75, 3.05) is 0 Å². The molecule has 0 atom stereocenters. The van der Waals surface area contributed by atoms with E-state index in [1.54, 1.807) is 6.20 Å². The smallest absolute Gasteiger partial charge is 0.318 e. The third-order valence-corrected chi connectivity index (χ3v) is 4.07. The molecule has 0 amide bonds. The summed E-state index contributed by atoms with van der Waals surface area (Å²) in [6, 6.07) is 3.77. The fourth-order valence-electron chi connectivity index (χ4n) is 1.78. The Labute approximate surface area is 116 Å². The number of ether oxygens (including phenoxy) is 1. The van der Waals surface area contributed by atoms with Crippen molar-refractivity contribution in [3.63, 3.8) is 0 Å². The minimum Gasteiger partial charge on any atom is -0.459 e. The van der Waals surface area contributed by atoms with Gasteiger partial charge in [0.25, 0.3) is 0 Å². The quantitative estimate of drug-likeness (QED) is 0.797. The monoisotopic (exact) mass is 311 g/mol. The van der Waals surface area contributed by atoms with Crippen LogP contribution in [0.2, 0.25) is 0 Å². The fourth-order valence-corrected chi connectivity index (χ4v) is 2.11. The summed E-state index contributed by atoms with van der Waals surface area (Å²) in [7, 11) is 0. The molecule has 18 heavy (non-hydrogen) atoms. The zero-order valence-electron chi connectivity index (χ0n) is 11.0. The minimum absolute atomic E-state index is 0.139. The molecule has 0 radical (unpaired) electrons. The van der Waals surface area contributed by atoms with Gasteiger partial charge in [0.1, 0.15) is 11.0 Å². The van der Waals surface area contributed by atoms with Crippen molar-refractivity contribution in [1.29, 1.82) is 0 Å². The molecule has 0 aromatic carbocycles. The van der Waals surface area contributed by atoms with E-state index >= 15 is 0 Å². The van der Waals surface area contributed by atoms with E-state index in [0.29, 0.717) is 0 Å². The van der Waals surface area contributed by atoms with Gasteiger partial charge >= 0.3 is 5.97 Å². The average molecular weight is 312 g/mol. The number of carbonyl (C=O) groups is 1. The lowest BCUT2D eigenvalue weighted by molar-refractivity contribution is -0.160. The molecule has 0 saturated heterocycles. The highest BCUT2D eigenvalue weighted by Gasteiger charge is 2.55. The second kappa shape index (κ2) is 4.65. The average Bonchev–Trinajstić information content (AvgIpc) is 3.09. The maximum Gasteiger partial charge on any atom is 0.318 e. The van der Waals surface area contributed by atoms with Crippen LogP contribution in [0.15, 0.2) is 22.8 Å². The van der Waals surface area contributed by atoms with Gasteiger partial charge in [-0.2, -0.15) is 0 Å². The van der Waals surface area contributed by atoms with Crippen LogP contribution in [0.4, 0.5) is 0 Å². The third-order valence-electron chi connectivity index (χ3n) is 3.57. The standard InChI is InChI=1S/C14H18BrNO2/c1-4-13(2,3)18-12(17)14(6-7-14)11-9-10(15)5-8-16-11/h5,8-9H,4,6-7H2,1-3H3. The number of hydrogen-bond donors (Lipinski definition) is 0. The molecular formula is C14H18BrNO2. The van der Waals surface area contributed by atoms with Crippen LogP contribution in [0.3, 0.4) is 0 Å². The summed E-state index contributed by atoms with van der Waals surface area (Å²) in [5.74, 6) is -0.139. The number of aromatic nitrogens is 1. The summed E-state index contributed by atoms with van der Waals surface area (Å²) in [5, 5.41) is 0. The molecule has 98 valence electrons. The Morgan fingerprint density at radius 3 is 2.72 bits per heavy atom. The van der Waals surface area contributed by atoms with Gasteiger partial charge in [0, 0.05) is 10.7 Å². The van der Waals surface area contributed by atoms with Crippen molar-refractivity contribution in [2.45, 2.75) is 51.0 Å². The highest BCUT2D eigenvalue weighted by atomic mass is 79.9. The summed E-state index contributed by atoms with van der Waals surface area (Å²) in [5.41, 5.74) is -0.0941. The molecule has 1 aliphatic rings. The van der Waals surface area contributed by atoms with Crippen molar-refractivity contribution < 1.29 is 9.53 Å². The van der Waals surface area contributed by atoms with Gasteiger partial charge in [-0.1, -0.05) is 22.9 Å². The maximum atomic E-state index is 12.3. The lowest BCUT2D eigenvalue weighted by Crippen LogP contribution is -2.34. The van der Waals surface area contributed by atoms with Gasteiger partial charge in [-0.15, -0.1) is 0 Å². The van der Waals surface area contributed by atoms with E-state index in [-0.39, 0.29) is 5.97 Å². The molecule has 0 N–H and O–H groups in total. The van der Waals surface area contributed by atoms with Crippen LogP contribution < -0.4 is 0 Å². The second-order valence-electron chi connectivity index (χ2n) is 5.44. The van der Waals surface area contributed by atoms with Crippen LogP contribution in [0.25, 0.3) is 0 Å². The lowest BCUT2D eigenvalue weighted by Gasteiger charge is -2.26. The molecule has 1 aliphatic carbocycles. The van der Waals surface area contributed by atoms with Crippen molar-refractivity contribution in [2.24, 2.45) is 0 Å². The number of esters is 1. The zero-order valence-corrected chi connectivity index (χ0v) is 12.6. The number of nitrogens with zero attached hydrogens (tertiary/aromatic N) is 1. The Balaban J connectivity index is 2.20. The molecule has 2 rings (SSSR count). The van der Waals surface area contributed by atoms with E-state index in [2.05, 4.69) is 20.9 Å². The Morgan fingerprint density at radius 1 is 1.56 bits per heavy atom. The number of hydrogen-bond acceptors (Lipinski definition) is 3. The van der Waals surface area contributed by atoms with Crippen molar-refractivity contribution in [1.82, 2.24) is 4.98 Å². The number of halogens is 1. The van der Waals surface area contributed by atoms with E-state index in [1.165, 1.54) is 0 Å². The molecule has 4 heteroatoms. The van der Waals surface area contributed by atoms with Crippen molar-refractivity contribution in [3.8, 4) is 0 Å². The highest BCUT2D eigenvalue weighted by molar-refractivity contribution is 9.10. The molecule has 0 bridgehead atoms. The Hall–Kier alpha value is -0.900. The van der Waals surface area contributed by atoms with Crippen LogP contribution in [0.5, 0.6) is 0 Å². The summed E-state index contributed by atoms with van der Waals surface area (Å²) in [4.78, 5) is 16.7. The normalized spacial score (nSPS) is 17.3. The van der Waals surface area contributed by atoms with Gasteiger partial charge in [-0.05, 0) is 45.2 Å².